The lowest BCUT2D eigenvalue weighted by atomic mass is 9.99. The van der Waals surface area contributed by atoms with Crippen LogP contribution in [0.4, 0.5) is 0 Å². The first-order valence-corrected chi connectivity index (χ1v) is 6.92. The van der Waals surface area contributed by atoms with Gasteiger partial charge in [-0.2, -0.15) is 0 Å². The molecule has 2 fully saturated rings. The molecule has 2 rings (SSSR count). The molecular weight excluding hydrogens is 200 g/mol. The van der Waals surface area contributed by atoms with Gasteiger partial charge in [-0.1, -0.05) is 13.3 Å². The highest BCUT2D eigenvalue weighted by Gasteiger charge is 2.26. The lowest BCUT2D eigenvalue weighted by Gasteiger charge is -2.37. The third kappa shape index (κ3) is 3.44. The van der Waals surface area contributed by atoms with Crippen LogP contribution >= 0.6 is 0 Å². The predicted molar refractivity (Wildman–Crippen MR) is 66.7 cm³/mol. The van der Waals surface area contributed by atoms with Gasteiger partial charge in [0.2, 0.25) is 0 Å². The number of piperidine rings is 1. The Labute approximate surface area is 99.5 Å². The Balaban J connectivity index is 1.78. The molecule has 0 bridgehead atoms. The first kappa shape index (κ1) is 12.3. The molecule has 0 radical (unpaired) electrons. The van der Waals surface area contributed by atoms with Crippen molar-refractivity contribution in [2.75, 3.05) is 39.4 Å². The van der Waals surface area contributed by atoms with E-state index in [-0.39, 0.29) is 0 Å². The van der Waals surface area contributed by atoms with Gasteiger partial charge >= 0.3 is 0 Å². The fraction of sp³-hybridized carbons (Fsp3) is 1.00. The van der Waals surface area contributed by atoms with Gasteiger partial charge in [-0.3, -0.25) is 4.90 Å². The van der Waals surface area contributed by atoms with E-state index in [2.05, 4.69) is 17.1 Å². The average molecular weight is 226 g/mol. The van der Waals surface area contributed by atoms with Crippen LogP contribution in [0.3, 0.4) is 0 Å². The maximum absolute atomic E-state index is 5.47. The molecule has 2 aliphatic heterocycles. The summed E-state index contributed by atoms with van der Waals surface area (Å²) in [6, 6.07) is 0.772. The van der Waals surface area contributed by atoms with Crippen LogP contribution in [0.5, 0.6) is 0 Å². The second-order valence-electron chi connectivity index (χ2n) is 5.18. The number of ether oxygens (including phenoxy) is 1. The monoisotopic (exact) mass is 226 g/mol. The second-order valence-corrected chi connectivity index (χ2v) is 5.18. The molecule has 16 heavy (non-hydrogen) atoms. The second kappa shape index (κ2) is 6.58. The van der Waals surface area contributed by atoms with Crippen molar-refractivity contribution in [1.29, 1.82) is 0 Å². The Morgan fingerprint density at radius 3 is 3.00 bits per heavy atom. The molecule has 2 unspecified atom stereocenters. The largest absolute Gasteiger partial charge is 0.381 e. The molecule has 0 amide bonds. The molecule has 2 atom stereocenters. The SMILES string of the molecule is CCNCC1CCCCN1CC1CCOC1. The number of likely N-dealkylation sites (tertiary alicyclic amines) is 1. The molecule has 0 aliphatic carbocycles. The Hall–Kier alpha value is -0.120. The van der Waals surface area contributed by atoms with Gasteiger partial charge in [-0.25, -0.2) is 0 Å². The van der Waals surface area contributed by atoms with Crippen molar-refractivity contribution in [2.45, 2.75) is 38.6 Å². The lowest BCUT2D eigenvalue weighted by Crippen LogP contribution is -2.47. The fourth-order valence-electron chi connectivity index (χ4n) is 2.90. The quantitative estimate of drug-likeness (QED) is 0.768. The standard InChI is InChI=1S/C13H26N2O/c1-2-14-9-13-5-3-4-7-15(13)10-12-6-8-16-11-12/h12-14H,2-11H2,1H3. The van der Waals surface area contributed by atoms with E-state index >= 15 is 0 Å². The maximum Gasteiger partial charge on any atom is 0.0507 e. The summed E-state index contributed by atoms with van der Waals surface area (Å²) >= 11 is 0. The van der Waals surface area contributed by atoms with Crippen LogP contribution < -0.4 is 5.32 Å². The van der Waals surface area contributed by atoms with Crippen molar-refractivity contribution < 1.29 is 4.74 Å². The molecule has 3 heteroatoms. The van der Waals surface area contributed by atoms with Gasteiger partial charge in [0.15, 0.2) is 0 Å². The third-order valence-electron chi connectivity index (χ3n) is 3.90. The number of nitrogens with zero attached hydrogens (tertiary/aromatic N) is 1. The Morgan fingerprint density at radius 2 is 2.25 bits per heavy atom. The van der Waals surface area contributed by atoms with Crippen LogP contribution in [0.1, 0.15) is 32.6 Å². The van der Waals surface area contributed by atoms with Crippen molar-refractivity contribution in [3.05, 3.63) is 0 Å². The van der Waals surface area contributed by atoms with Crippen molar-refractivity contribution in [3.63, 3.8) is 0 Å². The van der Waals surface area contributed by atoms with Crippen LogP contribution in [0.2, 0.25) is 0 Å². The summed E-state index contributed by atoms with van der Waals surface area (Å²) in [6.07, 6.45) is 5.44. The van der Waals surface area contributed by atoms with Crippen molar-refractivity contribution in [3.8, 4) is 0 Å². The Morgan fingerprint density at radius 1 is 1.31 bits per heavy atom. The van der Waals surface area contributed by atoms with Crippen LogP contribution in [0.15, 0.2) is 0 Å². The van der Waals surface area contributed by atoms with E-state index in [1.54, 1.807) is 0 Å². The van der Waals surface area contributed by atoms with Gasteiger partial charge in [0.25, 0.3) is 0 Å². The zero-order valence-electron chi connectivity index (χ0n) is 10.6. The van der Waals surface area contributed by atoms with E-state index < -0.39 is 0 Å². The molecule has 0 spiro atoms. The highest BCUT2D eigenvalue weighted by Crippen LogP contribution is 2.21. The number of hydrogen-bond acceptors (Lipinski definition) is 3. The first-order valence-electron chi connectivity index (χ1n) is 6.92. The van der Waals surface area contributed by atoms with Crippen LogP contribution in [0, 0.1) is 5.92 Å². The van der Waals surface area contributed by atoms with Gasteiger partial charge in [0, 0.05) is 25.7 Å². The van der Waals surface area contributed by atoms with Gasteiger partial charge in [0.1, 0.15) is 0 Å². The molecule has 3 nitrogen and oxygen atoms in total. The van der Waals surface area contributed by atoms with Crippen molar-refractivity contribution in [1.82, 2.24) is 10.2 Å². The lowest BCUT2D eigenvalue weighted by molar-refractivity contribution is 0.113. The Kier molecular flexibility index (Phi) is 5.07. The van der Waals surface area contributed by atoms with Gasteiger partial charge < -0.3 is 10.1 Å². The average Bonchev–Trinajstić information content (AvgIpc) is 2.81. The highest BCUT2D eigenvalue weighted by molar-refractivity contribution is 4.81. The van der Waals surface area contributed by atoms with E-state index in [1.807, 2.05) is 0 Å². The minimum atomic E-state index is 0.772. The molecule has 0 saturated carbocycles. The summed E-state index contributed by atoms with van der Waals surface area (Å²) in [6.45, 7) is 8.99. The van der Waals surface area contributed by atoms with Gasteiger partial charge in [-0.15, -0.1) is 0 Å². The molecule has 2 heterocycles. The third-order valence-corrected chi connectivity index (χ3v) is 3.90. The van der Waals surface area contributed by atoms with E-state index in [4.69, 9.17) is 4.74 Å². The zero-order chi connectivity index (χ0) is 11.2. The number of hydrogen-bond donors (Lipinski definition) is 1. The van der Waals surface area contributed by atoms with E-state index in [0.29, 0.717) is 0 Å². The normalized spacial score (nSPS) is 32.1. The van der Waals surface area contributed by atoms with Gasteiger partial charge in [0.05, 0.1) is 6.61 Å². The molecule has 0 aromatic carbocycles. The summed E-state index contributed by atoms with van der Waals surface area (Å²) in [4.78, 5) is 2.70. The summed E-state index contributed by atoms with van der Waals surface area (Å²) in [5.74, 6) is 0.794. The molecule has 1 N–H and O–H groups in total. The van der Waals surface area contributed by atoms with E-state index in [1.165, 1.54) is 45.3 Å². The summed E-state index contributed by atoms with van der Waals surface area (Å²) in [5, 5.41) is 3.50. The predicted octanol–water partition coefficient (Wildman–Crippen LogP) is 1.49. The Bertz CT molecular complexity index is 192. The summed E-state index contributed by atoms with van der Waals surface area (Å²) in [7, 11) is 0. The smallest absolute Gasteiger partial charge is 0.0507 e. The van der Waals surface area contributed by atoms with E-state index in [9.17, 15) is 0 Å². The molecule has 2 aliphatic rings. The first-order chi connectivity index (χ1) is 7.90. The highest BCUT2D eigenvalue weighted by atomic mass is 16.5. The van der Waals surface area contributed by atoms with E-state index in [0.717, 1.165) is 31.7 Å². The summed E-state index contributed by atoms with van der Waals surface area (Å²) < 4.78 is 5.47. The van der Waals surface area contributed by atoms with Crippen LogP contribution in [-0.4, -0.2) is 50.3 Å². The molecular formula is C13H26N2O. The number of likely N-dealkylation sites (N-methyl/N-ethyl adjacent to an activating group) is 1. The topological polar surface area (TPSA) is 24.5 Å². The number of rotatable bonds is 5. The van der Waals surface area contributed by atoms with Crippen LogP contribution in [0.25, 0.3) is 0 Å². The number of nitrogens with one attached hydrogen (secondary N) is 1. The zero-order valence-corrected chi connectivity index (χ0v) is 10.6. The minimum absolute atomic E-state index is 0.772. The van der Waals surface area contributed by atoms with Crippen molar-refractivity contribution in [2.24, 2.45) is 5.92 Å². The molecule has 0 aromatic rings. The van der Waals surface area contributed by atoms with Crippen LogP contribution in [-0.2, 0) is 4.74 Å². The fourth-order valence-corrected chi connectivity index (χ4v) is 2.90. The van der Waals surface area contributed by atoms with Crippen molar-refractivity contribution >= 4 is 0 Å². The maximum atomic E-state index is 5.47. The molecule has 94 valence electrons. The minimum Gasteiger partial charge on any atom is -0.381 e. The van der Waals surface area contributed by atoms with Gasteiger partial charge in [-0.05, 0) is 38.3 Å². The molecule has 2 saturated heterocycles. The summed E-state index contributed by atoms with van der Waals surface area (Å²) in [5.41, 5.74) is 0. The molecule has 0 aromatic heterocycles.